The molecule has 7 heteroatoms. The fraction of sp³-hybridized carbons (Fsp3) is 0.217. The van der Waals surface area contributed by atoms with E-state index in [1.807, 2.05) is 24.3 Å². The number of ether oxygens (including phenoxy) is 2. The predicted octanol–water partition coefficient (Wildman–Crippen LogP) is 4.65. The molecule has 0 aliphatic carbocycles. The Kier molecular flexibility index (Phi) is 6.05. The summed E-state index contributed by atoms with van der Waals surface area (Å²) >= 11 is 5.90. The number of benzene rings is 2. The number of furan rings is 1. The zero-order chi connectivity index (χ0) is 20.9. The summed E-state index contributed by atoms with van der Waals surface area (Å²) in [4.78, 5) is 24.5. The minimum atomic E-state index is -0.217. The van der Waals surface area contributed by atoms with Crippen molar-refractivity contribution in [3.05, 3.63) is 70.9 Å². The largest absolute Gasteiger partial charge is 0.486 e. The molecule has 0 unspecified atom stereocenters. The minimum Gasteiger partial charge on any atom is -0.486 e. The molecule has 2 aromatic carbocycles. The number of fused-ring (bicyclic) bond motifs is 1. The van der Waals surface area contributed by atoms with E-state index in [0.717, 1.165) is 5.56 Å². The van der Waals surface area contributed by atoms with Crippen molar-refractivity contribution in [1.29, 1.82) is 0 Å². The molecular weight excluding hydrogens is 406 g/mol. The van der Waals surface area contributed by atoms with E-state index in [0.29, 0.717) is 46.8 Å². The average molecular weight is 426 g/mol. The van der Waals surface area contributed by atoms with Crippen LogP contribution >= 0.6 is 11.6 Å². The fourth-order valence-electron chi connectivity index (χ4n) is 3.10. The first kappa shape index (κ1) is 20.0. The van der Waals surface area contributed by atoms with Crippen LogP contribution in [0, 0.1) is 0 Å². The molecule has 1 amide bonds. The van der Waals surface area contributed by atoms with E-state index in [1.54, 1.807) is 30.3 Å². The Morgan fingerprint density at radius 3 is 2.47 bits per heavy atom. The number of Topliss-reactive ketones (excluding diaryl/α,β-unsaturated/α-hetero) is 1. The van der Waals surface area contributed by atoms with E-state index in [9.17, 15) is 9.59 Å². The van der Waals surface area contributed by atoms with Gasteiger partial charge in [0.15, 0.2) is 17.3 Å². The highest BCUT2D eigenvalue weighted by molar-refractivity contribution is 6.30. The Bertz CT molecular complexity index is 1060. The Labute approximate surface area is 178 Å². The van der Waals surface area contributed by atoms with Gasteiger partial charge in [-0.1, -0.05) is 11.6 Å². The number of nitrogens with one attached hydrogen (secondary N) is 1. The van der Waals surface area contributed by atoms with Gasteiger partial charge in [-0.2, -0.15) is 0 Å². The van der Waals surface area contributed by atoms with E-state index >= 15 is 0 Å². The Morgan fingerprint density at radius 1 is 0.900 bits per heavy atom. The number of hydrogen-bond acceptors (Lipinski definition) is 5. The monoisotopic (exact) mass is 425 g/mol. The first-order valence-corrected chi connectivity index (χ1v) is 10.0. The Hall–Kier alpha value is -3.25. The quantitative estimate of drug-likeness (QED) is 0.557. The van der Waals surface area contributed by atoms with Gasteiger partial charge in [-0.15, -0.1) is 0 Å². The third-order valence-corrected chi connectivity index (χ3v) is 4.95. The summed E-state index contributed by atoms with van der Waals surface area (Å²) in [7, 11) is 0. The van der Waals surface area contributed by atoms with Crippen LogP contribution in [0.15, 0.2) is 59.0 Å². The zero-order valence-corrected chi connectivity index (χ0v) is 16.9. The van der Waals surface area contributed by atoms with Crippen LogP contribution in [0.1, 0.15) is 29.0 Å². The van der Waals surface area contributed by atoms with Gasteiger partial charge in [-0.25, -0.2) is 0 Å². The summed E-state index contributed by atoms with van der Waals surface area (Å²) in [5.41, 5.74) is 1.41. The second-order valence-corrected chi connectivity index (χ2v) is 7.27. The molecule has 0 spiro atoms. The summed E-state index contributed by atoms with van der Waals surface area (Å²) in [6, 6.07) is 16.0. The Balaban J connectivity index is 1.26. The highest BCUT2D eigenvalue weighted by Crippen LogP contribution is 2.31. The molecule has 1 aliphatic rings. The van der Waals surface area contributed by atoms with Gasteiger partial charge in [-0.05, 0) is 54.6 Å². The van der Waals surface area contributed by atoms with Crippen LogP contribution in [-0.2, 0) is 11.3 Å². The molecule has 0 bridgehead atoms. The van der Waals surface area contributed by atoms with E-state index in [2.05, 4.69) is 5.32 Å². The maximum absolute atomic E-state index is 12.4. The minimum absolute atomic E-state index is 0.0953. The lowest BCUT2D eigenvalue weighted by Gasteiger charge is -2.18. The van der Waals surface area contributed by atoms with Crippen LogP contribution in [0.4, 0.5) is 0 Å². The smallest absolute Gasteiger partial charge is 0.220 e. The molecule has 6 nitrogen and oxygen atoms in total. The summed E-state index contributed by atoms with van der Waals surface area (Å²) in [6.45, 7) is 1.21. The lowest BCUT2D eigenvalue weighted by atomic mass is 10.1. The standard InChI is InChI=1S/C23H20ClNO5/c24-17-4-1-15(2-5-17)20-9-6-18(30-20)14-25-23(27)10-7-19(26)16-3-8-21-22(13-16)29-12-11-28-21/h1-6,8-9,13H,7,10-12,14H2,(H,25,27). The molecule has 154 valence electrons. The number of amides is 1. The fourth-order valence-corrected chi connectivity index (χ4v) is 3.23. The van der Waals surface area contributed by atoms with Gasteiger partial charge in [0, 0.05) is 29.0 Å². The van der Waals surface area contributed by atoms with Crippen LogP contribution in [0.25, 0.3) is 11.3 Å². The molecule has 4 rings (SSSR count). The highest BCUT2D eigenvalue weighted by atomic mass is 35.5. The molecule has 3 aromatic rings. The van der Waals surface area contributed by atoms with Crippen molar-refractivity contribution < 1.29 is 23.5 Å². The van der Waals surface area contributed by atoms with Crippen molar-refractivity contribution in [3.63, 3.8) is 0 Å². The van der Waals surface area contributed by atoms with Gasteiger partial charge < -0.3 is 19.2 Å². The number of hydrogen-bond donors (Lipinski definition) is 1. The third-order valence-electron chi connectivity index (χ3n) is 4.69. The number of carbonyl (C=O) groups is 2. The molecule has 0 atom stereocenters. The van der Waals surface area contributed by atoms with Crippen molar-refractivity contribution in [2.75, 3.05) is 13.2 Å². The molecule has 30 heavy (non-hydrogen) atoms. The van der Waals surface area contributed by atoms with E-state index in [-0.39, 0.29) is 31.1 Å². The highest BCUT2D eigenvalue weighted by Gasteiger charge is 2.16. The predicted molar refractivity (Wildman–Crippen MR) is 112 cm³/mol. The summed E-state index contributed by atoms with van der Waals surface area (Å²) < 4.78 is 16.7. The lowest BCUT2D eigenvalue weighted by molar-refractivity contribution is -0.121. The van der Waals surface area contributed by atoms with E-state index in [1.165, 1.54) is 0 Å². The van der Waals surface area contributed by atoms with E-state index in [4.69, 9.17) is 25.5 Å². The first-order chi connectivity index (χ1) is 14.6. The van der Waals surface area contributed by atoms with Crippen LogP contribution in [0.2, 0.25) is 5.02 Å². The van der Waals surface area contributed by atoms with Crippen LogP contribution in [0.3, 0.4) is 0 Å². The second kappa shape index (κ2) is 9.05. The lowest BCUT2D eigenvalue weighted by Crippen LogP contribution is -2.23. The van der Waals surface area contributed by atoms with Crippen molar-refractivity contribution in [2.45, 2.75) is 19.4 Å². The number of carbonyl (C=O) groups excluding carboxylic acids is 2. The second-order valence-electron chi connectivity index (χ2n) is 6.83. The number of ketones is 1. The number of halogens is 1. The summed E-state index contributed by atoms with van der Waals surface area (Å²) in [5.74, 6) is 2.18. The molecule has 1 aromatic heterocycles. The SMILES string of the molecule is O=C(CCC(=O)c1ccc2c(c1)OCCO2)NCc1ccc(-c2ccc(Cl)cc2)o1. The van der Waals surface area contributed by atoms with Gasteiger partial charge in [0.2, 0.25) is 5.91 Å². The molecule has 1 N–H and O–H groups in total. The average Bonchev–Trinajstić information content (AvgIpc) is 3.25. The molecule has 0 radical (unpaired) electrons. The summed E-state index contributed by atoms with van der Waals surface area (Å²) in [6.07, 6.45) is 0.206. The molecule has 2 heterocycles. The van der Waals surface area contributed by atoms with Gasteiger partial charge in [-0.3, -0.25) is 9.59 Å². The number of rotatable bonds is 7. The third kappa shape index (κ3) is 4.83. The molecule has 0 saturated heterocycles. The molecular formula is C23H20ClNO5. The van der Waals surface area contributed by atoms with Gasteiger partial charge >= 0.3 is 0 Å². The Morgan fingerprint density at radius 2 is 1.67 bits per heavy atom. The molecule has 1 aliphatic heterocycles. The van der Waals surface area contributed by atoms with Crippen LogP contribution < -0.4 is 14.8 Å². The normalized spacial score (nSPS) is 12.4. The van der Waals surface area contributed by atoms with Gasteiger partial charge in [0.1, 0.15) is 24.7 Å². The maximum Gasteiger partial charge on any atom is 0.220 e. The van der Waals surface area contributed by atoms with Crippen molar-refractivity contribution in [1.82, 2.24) is 5.32 Å². The van der Waals surface area contributed by atoms with Crippen LogP contribution in [-0.4, -0.2) is 24.9 Å². The summed E-state index contributed by atoms with van der Waals surface area (Å²) in [5, 5.41) is 3.44. The zero-order valence-electron chi connectivity index (χ0n) is 16.2. The maximum atomic E-state index is 12.4. The van der Waals surface area contributed by atoms with Crippen molar-refractivity contribution in [3.8, 4) is 22.8 Å². The molecule has 0 fully saturated rings. The van der Waals surface area contributed by atoms with Crippen LogP contribution in [0.5, 0.6) is 11.5 Å². The van der Waals surface area contributed by atoms with E-state index < -0.39 is 0 Å². The first-order valence-electron chi connectivity index (χ1n) is 9.63. The van der Waals surface area contributed by atoms with Crippen molar-refractivity contribution in [2.24, 2.45) is 0 Å². The van der Waals surface area contributed by atoms with Gasteiger partial charge in [0.25, 0.3) is 0 Å². The van der Waals surface area contributed by atoms with Gasteiger partial charge in [0.05, 0.1) is 6.54 Å². The molecule has 0 saturated carbocycles. The van der Waals surface area contributed by atoms with Crippen molar-refractivity contribution >= 4 is 23.3 Å². The topological polar surface area (TPSA) is 77.8 Å².